The topological polar surface area (TPSA) is 56.8 Å². The van der Waals surface area contributed by atoms with Gasteiger partial charge in [0, 0.05) is 11.3 Å². The normalized spacial score (nSPS) is 10.1. The first-order valence-electron chi connectivity index (χ1n) is 7.04. The summed E-state index contributed by atoms with van der Waals surface area (Å²) in [5.74, 6) is 1.38. The number of anilines is 1. The fraction of sp³-hybridized carbons (Fsp3) is 0.235. The highest BCUT2D eigenvalue weighted by atomic mass is 35.5. The number of hydrogen-bond donors (Lipinski definition) is 1. The Morgan fingerprint density at radius 2 is 1.74 bits per heavy atom. The molecule has 0 saturated carbocycles. The molecule has 1 amide bonds. The molecule has 6 heteroatoms. The van der Waals surface area contributed by atoms with Crippen molar-refractivity contribution < 1.29 is 19.0 Å². The Kier molecular flexibility index (Phi) is 5.71. The van der Waals surface area contributed by atoms with Crippen LogP contribution in [0.1, 0.15) is 17.3 Å². The Labute approximate surface area is 140 Å². The first kappa shape index (κ1) is 17.0. The van der Waals surface area contributed by atoms with E-state index in [9.17, 15) is 4.79 Å². The molecule has 0 spiro atoms. The van der Waals surface area contributed by atoms with Crippen LogP contribution in [-0.2, 0) is 0 Å². The van der Waals surface area contributed by atoms with Crippen molar-refractivity contribution in [2.45, 2.75) is 6.92 Å². The number of methoxy groups -OCH3 is 2. The first-order valence-corrected chi connectivity index (χ1v) is 7.42. The van der Waals surface area contributed by atoms with Crippen molar-refractivity contribution in [1.29, 1.82) is 0 Å². The van der Waals surface area contributed by atoms with Crippen LogP contribution >= 0.6 is 11.6 Å². The Hall–Kier alpha value is -2.40. The molecule has 0 atom stereocenters. The second-order valence-electron chi connectivity index (χ2n) is 4.60. The maximum Gasteiger partial charge on any atom is 0.255 e. The molecule has 0 bridgehead atoms. The van der Waals surface area contributed by atoms with Crippen LogP contribution < -0.4 is 19.5 Å². The minimum atomic E-state index is -0.271. The highest BCUT2D eigenvalue weighted by Gasteiger charge is 2.12. The fourth-order valence-corrected chi connectivity index (χ4v) is 2.29. The summed E-state index contributed by atoms with van der Waals surface area (Å²) >= 11 is 6.05. The average Bonchev–Trinajstić information content (AvgIpc) is 2.55. The second-order valence-corrected chi connectivity index (χ2v) is 5.01. The lowest BCUT2D eigenvalue weighted by Gasteiger charge is -2.12. The summed E-state index contributed by atoms with van der Waals surface area (Å²) in [4.78, 5) is 12.3. The number of carbonyl (C=O) groups excluding carboxylic acids is 1. The van der Waals surface area contributed by atoms with E-state index in [2.05, 4.69) is 5.32 Å². The van der Waals surface area contributed by atoms with Gasteiger partial charge < -0.3 is 19.5 Å². The van der Waals surface area contributed by atoms with Crippen molar-refractivity contribution in [2.75, 3.05) is 26.1 Å². The molecule has 0 aliphatic heterocycles. The van der Waals surface area contributed by atoms with Gasteiger partial charge in [-0.1, -0.05) is 11.6 Å². The van der Waals surface area contributed by atoms with Gasteiger partial charge in [0.1, 0.15) is 5.75 Å². The molecule has 0 saturated heterocycles. The predicted molar refractivity (Wildman–Crippen MR) is 90.1 cm³/mol. The third-order valence-corrected chi connectivity index (χ3v) is 3.43. The fourth-order valence-electron chi connectivity index (χ4n) is 2.03. The zero-order valence-electron chi connectivity index (χ0n) is 13.2. The third kappa shape index (κ3) is 4.07. The van der Waals surface area contributed by atoms with Crippen LogP contribution in [0.25, 0.3) is 0 Å². The second kappa shape index (κ2) is 7.74. The minimum absolute atomic E-state index is 0.271. The lowest BCUT2D eigenvalue weighted by Crippen LogP contribution is -2.12. The van der Waals surface area contributed by atoms with Gasteiger partial charge in [-0.3, -0.25) is 4.79 Å². The van der Waals surface area contributed by atoms with Gasteiger partial charge in [-0.25, -0.2) is 0 Å². The van der Waals surface area contributed by atoms with Gasteiger partial charge in [-0.15, -0.1) is 0 Å². The lowest BCUT2D eigenvalue weighted by molar-refractivity contribution is 0.102. The average molecular weight is 336 g/mol. The lowest BCUT2D eigenvalue weighted by atomic mass is 10.2. The first-order chi connectivity index (χ1) is 11.1. The summed E-state index contributed by atoms with van der Waals surface area (Å²) in [5, 5.41) is 3.20. The van der Waals surface area contributed by atoms with E-state index in [0.717, 1.165) is 0 Å². The van der Waals surface area contributed by atoms with Crippen LogP contribution in [0.15, 0.2) is 36.4 Å². The summed E-state index contributed by atoms with van der Waals surface area (Å²) in [6, 6.07) is 10.0. The molecule has 5 nitrogen and oxygen atoms in total. The number of rotatable bonds is 6. The van der Waals surface area contributed by atoms with Crippen molar-refractivity contribution in [3.05, 3.63) is 47.0 Å². The molecule has 2 rings (SSSR count). The number of benzene rings is 2. The highest BCUT2D eigenvalue weighted by Crippen LogP contribution is 2.30. The molecule has 0 aliphatic rings. The highest BCUT2D eigenvalue weighted by molar-refractivity contribution is 6.32. The Balaban J connectivity index is 2.18. The van der Waals surface area contributed by atoms with Gasteiger partial charge in [0.25, 0.3) is 5.91 Å². The number of hydrogen-bond acceptors (Lipinski definition) is 4. The van der Waals surface area contributed by atoms with E-state index in [1.807, 2.05) is 6.92 Å². The smallest absolute Gasteiger partial charge is 0.255 e. The van der Waals surface area contributed by atoms with E-state index < -0.39 is 0 Å². The summed E-state index contributed by atoms with van der Waals surface area (Å²) in [6.07, 6.45) is 0. The SMILES string of the molecule is CCOc1ccc(C(=O)Nc2ccc(OC)c(Cl)c2)cc1OC. The molecule has 1 N–H and O–H groups in total. The molecule has 2 aromatic rings. The zero-order chi connectivity index (χ0) is 16.8. The molecule has 0 aromatic heterocycles. The van der Waals surface area contributed by atoms with Gasteiger partial charge in [0.05, 0.1) is 25.8 Å². The molecule has 0 unspecified atom stereocenters. The number of ether oxygens (including phenoxy) is 3. The van der Waals surface area contributed by atoms with E-state index in [-0.39, 0.29) is 5.91 Å². The van der Waals surface area contributed by atoms with Crippen LogP contribution in [-0.4, -0.2) is 26.7 Å². The Morgan fingerprint density at radius 3 is 2.35 bits per heavy atom. The van der Waals surface area contributed by atoms with Crippen LogP contribution in [0.3, 0.4) is 0 Å². The van der Waals surface area contributed by atoms with E-state index in [0.29, 0.717) is 40.1 Å². The maximum absolute atomic E-state index is 12.3. The molecular formula is C17H18ClNO4. The Bertz CT molecular complexity index is 703. The Morgan fingerprint density at radius 1 is 1.04 bits per heavy atom. The van der Waals surface area contributed by atoms with E-state index in [4.69, 9.17) is 25.8 Å². The molecule has 0 heterocycles. The number of halogens is 1. The monoisotopic (exact) mass is 335 g/mol. The van der Waals surface area contributed by atoms with Crippen molar-refractivity contribution >= 4 is 23.2 Å². The van der Waals surface area contributed by atoms with Crippen molar-refractivity contribution in [3.63, 3.8) is 0 Å². The molecular weight excluding hydrogens is 318 g/mol. The van der Waals surface area contributed by atoms with Crippen LogP contribution in [0.5, 0.6) is 17.2 Å². The van der Waals surface area contributed by atoms with Crippen LogP contribution in [0, 0.1) is 0 Å². The van der Waals surface area contributed by atoms with Crippen LogP contribution in [0.2, 0.25) is 5.02 Å². The van der Waals surface area contributed by atoms with Crippen LogP contribution in [0.4, 0.5) is 5.69 Å². The zero-order valence-corrected chi connectivity index (χ0v) is 13.9. The summed E-state index contributed by atoms with van der Waals surface area (Å²) < 4.78 is 15.8. The standard InChI is InChI=1S/C17H18ClNO4/c1-4-23-15-7-5-11(9-16(15)22-3)17(20)19-12-6-8-14(21-2)13(18)10-12/h5-10H,4H2,1-3H3,(H,19,20). The predicted octanol–water partition coefficient (Wildman–Crippen LogP) is 4.01. The summed E-state index contributed by atoms with van der Waals surface area (Å²) in [6.45, 7) is 2.40. The molecule has 0 fully saturated rings. The minimum Gasteiger partial charge on any atom is -0.495 e. The summed E-state index contributed by atoms with van der Waals surface area (Å²) in [7, 11) is 3.06. The quantitative estimate of drug-likeness (QED) is 0.866. The van der Waals surface area contributed by atoms with Gasteiger partial charge >= 0.3 is 0 Å². The number of amides is 1. The molecule has 0 radical (unpaired) electrons. The van der Waals surface area contributed by atoms with Crippen molar-refractivity contribution in [2.24, 2.45) is 0 Å². The third-order valence-electron chi connectivity index (χ3n) is 3.14. The molecule has 23 heavy (non-hydrogen) atoms. The van der Waals surface area contributed by atoms with Crippen molar-refractivity contribution in [1.82, 2.24) is 0 Å². The maximum atomic E-state index is 12.3. The molecule has 2 aromatic carbocycles. The largest absolute Gasteiger partial charge is 0.495 e. The molecule has 122 valence electrons. The molecule has 0 aliphatic carbocycles. The van der Waals surface area contributed by atoms with Gasteiger partial charge in [-0.2, -0.15) is 0 Å². The van der Waals surface area contributed by atoms with Crippen molar-refractivity contribution in [3.8, 4) is 17.2 Å². The number of nitrogens with one attached hydrogen (secondary N) is 1. The van der Waals surface area contributed by atoms with E-state index >= 15 is 0 Å². The van der Waals surface area contributed by atoms with E-state index in [1.165, 1.54) is 14.2 Å². The van der Waals surface area contributed by atoms with Gasteiger partial charge in [0.15, 0.2) is 11.5 Å². The summed E-state index contributed by atoms with van der Waals surface area (Å²) in [5.41, 5.74) is 1.03. The number of carbonyl (C=O) groups is 1. The van der Waals surface area contributed by atoms with E-state index in [1.54, 1.807) is 36.4 Å². The van der Waals surface area contributed by atoms with Gasteiger partial charge in [-0.05, 0) is 43.3 Å². The van der Waals surface area contributed by atoms with Gasteiger partial charge in [0.2, 0.25) is 0 Å².